The summed E-state index contributed by atoms with van der Waals surface area (Å²) >= 11 is 0. The lowest BCUT2D eigenvalue weighted by molar-refractivity contribution is 0.0773. The van der Waals surface area contributed by atoms with Crippen molar-refractivity contribution in [2.75, 3.05) is 17.2 Å². The van der Waals surface area contributed by atoms with E-state index in [4.69, 9.17) is 20.4 Å². The van der Waals surface area contributed by atoms with E-state index in [0.717, 1.165) is 58.5 Å². The Hall–Kier alpha value is -3.60. The van der Waals surface area contributed by atoms with Gasteiger partial charge >= 0.3 is 0 Å². The summed E-state index contributed by atoms with van der Waals surface area (Å²) in [7, 11) is 0. The van der Waals surface area contributed by atoms with Gasteiger partial charge in [0.15, 0.2) is 0 Å². The molecular formula is C28H28N4O. The molecule has 5 heteroatoms. The van der Waals surface area contributed by atoms with Crippen LogP contribution in [0.4, 0.5) is 17.2 Å². The van der Waals surface area contributed by atoms with Gasteiger partial charge < -0.3 is 15.4 Å². The van der Waals surface area contributed by atoms with E-state index >= 15 is 0 Å². The fourth-order valence-corrected chi connectivity index (χ4v) is 5.48. The molecule has 0 fully saturated rings. The van der Waals surface area contributed by atoms with Crippen LogP contribution in [0, 0.1) is 0 Å². The van der Waals surface area contributed by atoms with Gasteiger partial charge in [0.2, 0.25) is 5.72 Å². The highest BCUT2D eigenvalue weighted by atomic mass is 16.5. The quantitative estimate of drug-likeness (QED) is 0.300. The zero-order chi connectivity index (χ0) is 22.8. The summed E-state index contributed by atoms with van der Waals surface area (Å²) in [5, 5.41) is 4.54. The molecule has 33 heavy (non-hydrogen) atoms. The minimum Gasteiger partial charge on any atom is -0.459 e. The van der Waals surface area contributed by atoms with E-state index in [1.807, 2.05) is 30.6 Å². The van der Waals surface area contributed by atoms with Gasteiger partial charge in [-0.15, -0.1) is 0 Å². The van der Waals surface area contributed by atoms with Crippen LogP contribution in [0.1, 0.15) is 39.2 Å². The summed E-state index contributed by atoms with van der Waals surface area (Å²) in [6, 6.07) is 18.7. The SMILES string of the molecule is CCCCN1c2ncccc2C(C)(C)C12C=Nc1c(ccc3c1ccc1cc(N)ccc13)O2. The molecule has 1 aromatic heterocycles. The Morgan fingerprint density at radius 1 is 1.00 bits per heavy atom. The van der Waals surface area contributed by atoms with Crippen LogP contribution in [0.15, 0.2) is 65.8 Å². The second-order valence-corrected chi connectivity index (χ2v) is 9.62. The highest BCUT2D eigenvalue weighted by molar-refractivity contribution is 6.13. The van der Waals surface area contributed by atoms with Crippen molar-refractivity contribution in [3.63, 3.8) is 0 Å². The molecule has 0 amide bonds. The molecule has 166 valence electrons. The van der Waals surface area contributed by atoms with Gasteiger partial charge in [0.1, 0.15) is 17.3 Å². The lowest BCUT2D eigenvalue weighted by atomic mass is 9.78. The van der Waals surface area contributed by atoms with Crippen molar-refractivity contribution < 1.29 is 4.74 Å². The standard InChI is InChI=1S/C28H28N4O/c1-4-5-15-32-26-23(7-6-14-30-26)27(2,3)28(32)17-31-25-22-10-8-18-16-19(29)9-11-20(18)21(22)12-13-24(25)33-28/h6-14,16-17H,4-5,15,29H2,1-3H3. The predicted molar refractivity (Wildman–Crippen MR) is 137 cm³/mol. The van der Waals surface area contributed by atoms with E-state index < -0.39 is 5.72 Å². The Morgan fingerprint density at radius 3 is 2.67 bits per heavy atom. The molecule has 0 saturated carbocycles. The molecule has 6 rings (SSSR count). The largest absolute Gasteiger partial charge is 0.459 e. The highest BCUT2D eigenvalue weighted by Crippen LogP contribution is 2.54. The maximum Gasteiger partial charge on any atom is 0.230 e. The molecule has 3 aromatic carbocycles. The van der Waals surface area contributed by atoms with Gasteiger partial charge in [0.25, 0.3) is 0 Å². The van der Waals surface area contributed by atoms with Crippen LogP contribution >= 0.6 is 0 Å². The van der Waals surface area contributed by atoms with Gasteiger partial charge in [-0.2, -0.15) is 0 Å². The number of nitrogens with two attached hydrogens (primary N) is 1. The lowest BCUT2D eigenvalue weighted by Crippen LogP contribution is -2.62. The second-order valence-electron chi connectivity index (χ2n) is 9.62. The molecule has 2 aliphatic heterocycles. The smallest absolute Gasteiger partial charge is 0.230 e. The predicted octanol–water partition coefficient (Wildman–Crippen LogP) is 6.36. The third-order valence-corrected chi connectivity index (χ3v) is 7.36. The third-order valence-electron chi connectivity index (χ3n) is 7.36. The molecule has 1 atom stereocenters. The summed E-state index contributed by atoms with van der Waals surface area (Å²) in [5.41, 5.74) is 7.81. The second kappa shape index (κ2) is 6.95. The molecule has 0 bridgehead atoms. The Kier molecular flexibility index (Phi) is 4.22. The Balaban J connectivity index is 1.53. The molecular weight excluding hydrogens is 408 g/mol. The van der Waals surface area contributed by atoms with E-state index in [1.54, 1.807) is 0 Å². The first-order chi connectivity index (χ1) is 16.0. The minimum atomic E-state index is -0.717. The fourth-order valence-electron chi connectivity index (χ4n) is 5.48. The van der Waals surface area contributed by atoms with Crippen molar-refractivity contribution in [3.8, 4) is 5.75 Å². The highest BCUT2D eigenvalue weighted by Gasteiger charge is 2.60. The van der Waals surface area contributed by atoms with Crippen molar-refractivity contribution in [1.29, 1.82) is 0 Å². The number of aliphatic imine (C=N–C) groups is 1. The summed E-state index contributed by atoms with van der Waals surface area (Å²) in [4.78, 5) is 12.1. The van der Waals surface area contributed by atoms with Crippen molar-refractivity contribution in [2.24, 2.45) is 4.99 Å². The monoisotopic (exact) mass is 436 g/mol. The van der Waals surface area contributed by atoms with Crippen molar-refractivity contribution in [2.45, 2.75) is 44.8 Å². The number of nitrogen functional groups attached to an aromatic ring is 1. The number of anilines is 2. The molecule has 0 saturated heterocycles. The van der Waals surface area contributed by atoms with Crippen molar-refractivity contribution in [1.82, 2.24) is 4.98 Å². The Labute approximate surface area is 193 Å². The van der Waals surface area contributed by atoms with Gasteiger partial charge in [-0.1, -0.05) is 37.6 Å². The molecule has 1 unspecified atom stereocenters. The van der Waals surface area contributed by atoms with Crippen molar-refractivity contribution in [3.05, 3.63) is 66.4 Å². The zero-order valence-corrected chi connectivity index (χ0v) is 19.3. The molecule has 5 nitrogen and oxygen atoms in total. The number of unbranched alkanes of at least 4 members (excludes halogenated alkanes) is 1. The molecule has 2 N–H and O–H groups in total. The van der Waals surface area contributed by atoms with Crippen LogP contribution < -0.4 is 15.4 Å². The maximum absolute atomic E-state index is 6.94. The van der Waals surface area contributed by atoms with Crippen LogP contribution in [-0.2, 0) is 5.41 Å². The van der Waals surface area contributed by atoms with Gasteiger partial charge in [0, 0.05) is 29.4 Å². The normalized spacial score (nSPS) is 20.3. The number of hydrogen-bond donors (Lipinski definition) is 1. The molecule has 4 aromatic rings. The Morgan fingerprint density at radius 2 is 1.82 bits per heavy atom. The Bertz CT molecular complexity index is 1440. The van der Waals surface area contributed by atoms with Crippen molar-refractivity contribution >= 4 is 45.0 Å². The number of aromatic nitrogens is 1. The molecule has 0 aliphatic carbocycles. The van der Waals surface area contributed by atoms with Crippen LogP contribution in [0.2, 0.25) is 0 Å². The third kappa shape index (κ3) is 2.65. The average molecular weight is 437 g/mol. The number of pyridine rings is 1. The fraction of sp³-hybridized carbons (Fsp3) is 0.286. The van der Waals surface area contributed by atoms with Crippen LogP contribution in [-0.4, -0.2) is 23.5 Å². The number of hydrogen-bond acceptors (Lipinski definition) is 5. The van der Waals surface area contributed by atoms with Crippen LogP contribution in [0.3, 0.4) is 0 Å². The number of fused-ring (bicyclic) bond motifs is 6. The zero-order valence-electron chi connectivity index (χ0n) is 19.3. The van der Waals surface area contributed by atoms with E-state index in [9.17, 15) is 0 Å². The van der Waals surface area contributed by atoms with Crippen LogP contribution in [0.25, 0.3) is 21.5 Å². The molecule has 1 spiro atoms. The average Bonchev–Trinajstić information content (AvgIpc) is 3.00. The van der Waals surface area contributed by atoms with Gasteiger partial charge in [0.05, 0.1) is 11.6 Å². The van der Waals surface area contributed by atoms with E-state index in [1.165, 1.54) is 10.9 Å². The number of ether oxygens (including phenoxy) is 1. The minimum absolute atomic E-state index is 0.318. The van der Waals surface area contributed by atoms with Gasteiger partial charge in [-0.05, 0) is 66.8 Å². The number of nitrogens with zero attached hydrogens (tertiary/aromatic N) is 3. The summed E-state index contributed by atoms with van der Waals surface area (Å²) in [6.45, 7) is 7.54. The molecule has 3 heterocycles. The summed E-state index contributed by atoms with van der Waals surface area (Å²) < 4.78 is 6.94. The summed E-state index contributed by atoms with van der Waals surface area (Å²) in [6.07, 6.45) is 6.04. The molecule has 0 radical (unpaired) electrons. The number of benzene rings is 3. The van der Waals surface area contributed by atoms with Gasteiger partial charge in [-0.3, -0.25) is 4.99 Å². The van der Waals surface area contributed by atoms with E-state index in [-0.39, 0.29) is 5.41 Å². The van der Waals surface area contributed by atoms with Gasteiger partial charge in [-0.25, -0.2) is 4.98 Å². The first-order valence-corrected chi connectivity index (χ1v) is 11.7. The van der Waals surface area contributed by atoms with Crippen LogP contribution in [0.5, 0.6) is 5.75 Å². The summed E-state index contributed by atoms with van der Waals surface area (Å²) in [5.74, 6) is 1.80. The number of rotatable bonds is 3. The lowest BCUT2D eigenvalue weighted by Gasteiger charge is -2.46. The molecule has 2 aliphatic rings. The van der Waals surface area contributed by atoms with E-state index in [0.29, 0.717) is 0 Å². The van der Waals surface area contributed by atoms with E-state index in [2.05, 4.69) is 62.1 Å². The first kappa shape index (κ1) is 20.0. The first-order valence-electron chi connectivity index (χ1n) is 11.7. The maximum atomic E-state index is 6.94. The topological polar surface area (TPSA) is 63.7 Å².